The third-order valence-electron chi connectivity index (χ3n) is 20.0. The van der Waals surface area contributed by atoms with Gasteiger partial charge in [-0.25, -0.2) is 0 Å². The van der Waals surface area contributed by atoms with Crippen LogP contribution in [0.2, 0.25) is 35.2 Å². The van der Waals surface area contributed by atoms with Gasteiger partial charge in [0, 0.05) is 62.3 Å². The number of benzene rings is 10. The molecule has 22 nitrogen and oxygen atoms in total. The van der Waals surface area contributed by atoms with Crippen molar-refractivity contribution < 1.29 is 59.7 Å². The maximum atomic E-state index is 13.0. The number of carbonyl (C=O) groups is 5. The first kappa shape index (κ1) is 91.9. The molecule has 0 radical (unpaired) electrons. The van der Waals surface area contributed by atoms with Crippen molar-refractivity contribution in [3.05, 3.63) is 271 Å². The van der Waals surface area contributed by atoms with Gasteiger partial charge in [0.2, 0.25) is 0 Å². The van der Waals surface area contributed by atoms with Gasteiger partial charge in [-0.05, 0) is 249 Å². The van der Waals surface area contributed by atoms with Crippen LogP contribution >= 0.6 is 154 Å². The molecule has 2 atom stereocenters. The van der Waals surface area contributed by atoms with Crippen LogP contribution in [0.4, 0.5) is 0 Å². The molecule has 0 aliphatic carbocycles. The van der Waals surface area contributed by atoms with E-state index in [0.717, 1.165) is 25.2 Å². The number of aliphatic hydroxyl groups is 2. The maximum Gasteiger partial charge on any atom is 0.323 e. The lowest BCUT2D eigenvalue weighted by atomic mass is 9.94. The zero-order chi connectivity index (χ0) is 88.0. The van der Waals surface area contributed by atoms with E-state index in [2.05, 4.69) is 66.2 Å². The van der Waals surface area contributed by atoms with Crippen molar-refractivity contribution in [1.82, 2.24) is 22.8 Å². The van der Waals surface area contributed by atoms with E-state index in [4.69, 9.17) is 81.2 Å². The van der Waals surface area contributed by atoms with Crippen LogP contribution in [0, 0.1) is 14.1 Å². The second-order valence-electron chi connectivity index (χ2n) is 28.4. The van der Waals surface area contributed by atoms with Gasteiger partial charge in [0.05, 0.1) is 111 Å². The number of hydrogen-bond acceptors (Lipinski definition) is 13. The smallest absolute Gasteiger partial charge is 0.323 e. The monoisotopic (exact) mass is 2060 g/mol. The Bertz CT molecular complexity index is 6800. The summed E-state index contributed by atoms with van der Waals surface area (Å²) in [5.41, 5.74) is 7.98. The van der Waals surface area contributed by atoms with E-state index in [0.29, 0.717) is 138 Å². The number of halogens is 10. The third-order valence-corrected chi connectivity index (χ3v) is 27.0. The minimum Gasteiger partial charge on any atom is -0.480 e. The first-order chi connectivity index (χ1) is 56.6. The number of pyridine rings is 5. The van der Waals surface area contributed by atoms with Crippen LogP contribution in [-0.2, 0) is 56.7 Å². The molecule has 0 saturated carbocycles. The molecule has 0 aliphatic rings. The second kappa shape index (κ2) is 37.9. The van der Waals surface area contributed by atoms with Crippen LogP contribution in [0.3, 0.4) is 0 Å². The number of aromatic nitrogens is 5. The molecule has 0 spiro atoms. The molecule has 0 aliphatic heterocycles. The van der Waals surface area contributed by atoms with E-state index in [9.17, 15) is 83.7 Å². The van der Waals surface area contributed by atoms with Gasteiger partial charge in [0.1, 0.15) is 32.7 Å². The molecule has 0 fully saturated rings. The topological polar surface area (TPSA) is 337 Å². The largest absolute Gasteiger partial charge is 0.480 e. The molecule has 120 heavy (non-hydrogen) atoms. The van der Waals surface area contributed by atoms with Crippen molar-refractivity contribution in [2.75, 3.05) is 6.26 Å². The molecule has 15 rings (SSSR count). The fraction of sp³-hybridized carbons (Fsp3) is 0.195. The van der Waals surface area contributed by atoms with Crippen molar-refractivity contribution in [1.29, 1.82) is 0 Å². The van der Waals surface area contributed by atoms with Crippen LogP contribution in [0.1, 0.15) is 93.4 Å². The Morgan fingerprint density at radius 2 is 0.675 bits per heavy atom. The standard InChI is InChI=1S/C19H17Cl2NO3.C18H15ClINO3.C17H13Cl2NO4.C17H13ClINO4.C16H11BrClNO3S/c1-9(2)11-4-5-12-17(10(11)3)22(8-15(23)24)18-13(19(12)25)6-7-14(20)16(18)21;1-9(2)10-3-4-11-14(7-10)21(8-15(22)23)17-12(18(11)24)5-6-13(20)16(17)19;2*1-8(21)9-2-3-10-13(6-9)20(7-14(22)23)16-11(17(10)24)4-5-12(18)15(16)19;1-23-8-2-3-9-12(6-8)19(7-13(20)21)15-10(16(9)22)4-5-11(18)14(15)17/h4-7,9H,8H2,1-3H3,(H,23,24);3-7,9H,8H2,1-2H3,(H,22,23);2*2-6,8,21H,7H2,1H3,(H,22,23);2-6H,7H2,1H3,(H,20,21). The van der Waals surface area contributed by atoms with Gasteiger partial charge in [-0.1, -0.05) is 133 Å². The van der Waals surface area contributed by atoms with Crippen LogP contribution < -0.4 is 27.1 Å². The maximum absolute atomic E-state index is 13.0. The zero-order valence-electron chi connectivity index (χ0n) is 64.3. The van der Waals surface area contributed by atoms with Gasteiger partial charge in [0.25, 0.3) is 0 Å². The minimum atomic E-state index is -1.08. The Hall–Kier alpha value is -8.86. The molecule has 15 aromatic rings. The lowest BCUT2D eigenvalue weighted by molar-refractivity contribution is -0.138. The number of aliphatic carboxylic acids is 5. The summed E-state index contributed by atoms with van der Waals surface area (Å²) in [6.45, 7) is 11.8. The molecule has 5 heterocycles. The summed E-state index contributed by atoms with van der Waals surface area (Å²) in [6, 6.07) is 40.6. The number of carboxylic acid groups (broad SMARTS) is 5. The quantitative estimate of drug-likeness (QED) is 0.0285. The highest BCUT2D eigenvalue weighted by atomic mass is 127. The second-order valence-corrected chi connectivity index (χ2v) is 35.1. The predicted octanol–water partition coefficient (Wildman–Crippen LogP) is 21.1. The number of nitrogens with zero attached hydrogens (tertiary/aromatic N) is 5. The molecular formula is C87H69BrCl7I2N5O17S. The first-order valence-electron chi connectivity index (χ1n) is 36.3. The molecule has 10 aromatic carbocycles. The van der Waals surface area contributed by atoms with Crippen LogP contribution in [0.15, 0.2) is 179 Å². The van der Waals surface area contributed by atoms with E-state index in [-0.39, 0.29) is 90.8 Å². The highest BCUT2D eigenvalue weighted by Crippen LogP contribution is 2.39. The minimum absolute atomic E-state index is 0.122. The van der Waals surface area contributed by atoms with Gasteiger partial charge in [-0.15, -0.1) is 11.8 Å². The van der Waals surface area contributed by atoms with Crippen molar-refractivity contribution >= 4 is 293 Å². The Balaban J connectivity index is 0.000000147. The summed E-state index contributed by atoms with van der Waals surface area (Å²) in [4.78, 5) is 122. The van der Waals surface area contributed by atoms with Gasteiger partial charge in [0.15, 0.2) is 27.1 Å². The summed E-state index contributed by atoms with van der Waals surface area (Å²) >= 11 is 52.5. The van der Waals surface area contributed by atoms with Crippen molar-refractivity contribution in [2.24, 2.45) is 0 Å². The fourth-order valence-electron chi connectivity index (χ4n) is 14.4. The van der Waals surface area contributed by atoms with Gasteiger partial charge in [-0.2, -0.15) is 0 Å². The summed E-state index contributed by atoms with van der Waals surface area (Å²) in [5.74, 6) is -4.59. The summed E-state index contributed by atoms with van der Waals surface area (Å²) < 4.78 is 9.75. The third kappa shape index (κ3) is 18.4. The highest BCUT2D eigenvalue weighted by molar-refractivity contribution is 14.1. The van der Waals surface area contributed by atoms with Crippen LogP contribution in [-0.4, -0.2) is 94.7 Å². The van der Waals surface area contributed by atoms with E-state index >= 15 is 0 Å². The van der Waals surface area contributed by atoms with Crippen molar-refractivity contribution in [2.45, 2.75) is 110 Å². The molecule has 0 amide bonds. The lowest BCUT2D eigenvalue weighted by Gasteiger charge is -2.19. The molecule has 0 saturated heterocycles. The van der Waals surface area contributed by atoms with Crippen molar-refractivity contribution in [3.8, 4) is 0 Å². The average Bonchev–Trinajstić information content (AvgIpc) is 0.930. The van der Waals surface area contributed by atoms with Crippen LogP contribution in [0.5, 0.6) is 0 Å². The molecule has 2 unspecified atom stereocenters. The van der Waals surface area contributed by atoms with E-state index in [1.165, 1.54) is 28.5 Å². The molecule has 33 heteroatoms. The average molecular weight is 2070 g/mol. The number of rotatable bonds is 15. The van der Waals surface area contributed by atoms with Gasteiger partial charge in [-0.3, -0.25) is 47.9 Å². The Morgan fingerprint density at radius 3 is 1.09 bits per heavy atom. The van der Waals surface area contributed by atoms with Crippen molar-refractivity contribution in [3.63, 3.8) is 0 Å². The Kier molecular flexibility index (Phi) is 29.0. The fourth-order valence-corrected chi connectivity index (χ4v) is 18.0. The number of carboxylic acids is 5. The lowest BCUT2D eigenvalue weighted by Crippen LogP contribution is -2.17. The normalized spacial score (nSPS) is 11.9. The highest BCUT2D eigenvalue weighted by Gasteiger charge is 2.26. The van der Waals surface area contributed by atoms with Crippen LogP contribution in [0.25, 0.3) is 109 Å². The summed E-state index contributed by atoms with van der Waals surface area (Å²) in [6.07, 6.45) is 0.444. The number of fused-ring (bicyclic) bond motifs is 10. The molecule has 0 bridgehead atoms. The predicted molar refractivity (Wildman–Crippen MR) is 501 cm³/mol. The summed E-state index contributed by atoms with van der Waals surface area (Å²) in [7, 11) is 0. The Labute approximate surface area is 755 Å². The first-order valence-corrected chi connectivity index (χ1v) is 43.1. The molecule has 5 aromatic heterocycles. The van der Waals surface area contributed by atoms with E-state index in [1.807, 2.05) is 66.1 Å². The zero-order valence-corrected chi connectivity index (χ0v) is 76.3. The number of aryl methyl sites for hydroxylation is 1. The SMILES string of the molecule is CC(C)c1ccc2c(=O)c3ccc(I)c(Cl)c3n(CC(=O)O)c2c1.CC(O)c1ccc2c(=O)c3ccc(Cl)c(Cl)c3n(CC(=O)O)c2c1.CC(O)c1ccc2c(=O)c3ccc(Cl)c(I)c3n(CC(=O)O)c2c1.CSc1ccc2c(=O)c3ccc(Cl)c(Br)c3n(CC(=O)O)c2c1.Cc1c(C(C)C)ccc2c(=O)c3ccc(Cl)c(Cl)c3n(CC(=O)O)c12. The van der Waals surface area contributed by atoms with E-state index in [1.54, 1.807) is 135 Å². The summed E-state index contributed by atoms with van der Waals surface area (Å²) in [5, 5.41) is 72.5. The Morgan fingerprint density at radius 1 is 0.367 bits per heavy atom. The number of thioether (sulfide) groups is 1. The molecule has 620 valence electrons. The van der Waals surface area contributed by atoms with E-state index < -0.39 is 48.6 Å². The number of aliphatic hydroxyl groups excluding tert-OH is 2. The number of hydrogen-bond donors (Lipinski definition) is 7. The molecule has 7 N–H and O–H groups in total. The van der Waals surface area contributed by atoms with Gasteiger partial charge < -0.3 is 58.6 Å². The molecular weight excluding hydrogens is 2000 g/mol. The van der Waals surface area contributed by atoms with Gasteiger partial charge >= 0.3 is 29.8 Å².